The van der Waals surface area contributed by atoms with Crippen molar-refractivity contribution in [3.63, 3.8) is 0 Å². The molecule has 30 heavy (non-hydrogen) atoms. The molecule has 2 N–H and O–H groups in total. The van der Waals surface area contributed by atoms with Crippen LogP contribution in [0.3, 0.4) is 0 Å². The van der Waals surface area contributed by atoms with Crippen LogP contribution in [0.25, 0.3) is 0 Å². The number of hydrogen-bond donors (Lipinski definition) is 1. The first-order valence-corrected chi connectivity index (χ1v) is 9.87. The molecule has 2 bridgehead atoms. The van der Waals surface area contributed by atoms with E-state index in [9.17, 15) is 9.59 Å². The van der Waals surface area contributed by atoms with Crippen molar-refractivity contribution in [1.29, 1.82) is 0 Å². The number of fused-ring (bicyclic) bond motifs is 5. The van der Waals surface area contributed by atoms with E-state index in [1.807, 2.05) is 31.2 Å². The Morgan fingerprint density at radius 1 is 1.20 bits per heavy atom. The van der Waals surface area contributed by atoms with E-state index in [2.05, 4.69) is 0 Å². The molecule has 3 aliphatic rings. The van der Waals surface area contributed by atoms with Crippen LogP contribution in [0.4, 0.5) is 0 Å². The topological polar surface area (TPSA) is 100 Å². The van der Waals surface area contributed by atoms with E-state index < -0.39 is 17.6 Å². The fourth-order valence-electron chi connectivity index (χ4n) is 4.60. The molecular formula is C22H22N2O6. The van der Waals surface area contributed by atoms with Crippen molar-refractivity contribution >= 4 is 11.8 Å². The average molecular weight is 410 g/mol. The number of amides is 2. The normalized spacial score (nSPS) is 26.0. The number of para-hydroxylation sites is 1. The van der Waals surface area contributed by atoms with E-state index in [0.29, 0.717) is 29.4 Å². The van der Waals surface area contributed by atoms with E-state index in [1.54, 1.807) is 23.1 Å². The second-order valence-corrected chi connectivity index (χ2v) is 7.86. The number of ether oxygens (including phenoxy) is 4. The van der Waals surface area contributed by atoms with Crippen LogP contribution in [-0.2, 0) is 9.59 Å². The first-order chi connectivity index (χ1) is 14.5. The molecule has 3 aliphatic heterocycles. The first kappa shape index (κ1) is 18.6. The first-order valence-electron chi connectivity index (χ1n) is 9.87. The lowest BCUT2D eigenvalue weighted by Crippen LogP contribution is -2.65. The van der Waals surface area contributed by atoms with Gasteiger partial charge in [-0.3, -0.25) is 9.59 Å². The number of nitrogens with zero attached hydrogens (tertiary/aromatic N) is 1. The molecule has 0 saturated carbocycles. The van der Waals surface area contributed by atoms with Gasteiger partial charge in [0.25, 0.3) is 0 Å². The second kappa shape index (κ2) is 6.83. The summed E-state index contributed by atoms with van der Waals surface area (Å²) in [5, 5.41) is 0. The number of primary amides is 1. The molecule has 1 saturated heterocycles. The highest BCUT2D eigenvalue weighted by atomic mass is 16.7. The van der Waals surface area contributed by atoms with Gasteiger partial charge in [-0.25, -0.2) is 0 Å². The Bertz CT molecular complexity index is 1020. The Balaban J connectivity index is 1.37. The molecule has 3 atom stereocenters. The highest BCUT2D eigenvalue weighted by Crippen LogP contribution is 2.49. The zero-order chi connectivity index (χ0) is 20.9. The van der Waals surface area contributed by atoms with E-state index in [0.717, 1.165) is 5.56 Å². The molecule has 0 spiro atoms. The molecule has 2 aromatic carbocycles. The zero-order valence-electron chi connectivity index (χ0n) is 16.5. The summed E-state index contributed by atoms with van der Waals surface area (Å²) in [4.78, 5) is 27.0. The van der Waals surface area contributed by atoms with Crippen LogP contribution in [0.15, 0.2) is 42.5 Å². The minimum Gasteiger partial charge on any atom is -0.492 e. The molecule has 2 aromatic rings. The fourth-order valence-corrected chi connectivity index (χ4v) is 4.60. The molecule has 3 unspecified atom stereocenters. The van der Waals surface area contributed by atoms with Crippen molar-refractivity contribution in [3.05, 3.63) is 48.0 Å². The van der Waals surface area contributed by atoms with Crippen molar-refractivity contribution in [3.8, 4) is 23.0 Å². The number of rotatable bonds is 5. The monoisotopic (exact) mass is 410 g/mol. The second-order valence-electron chi connectivity index (χ2n) is 7.86. The van der Waals surface area contributed by atoms with Crippen LogP contribution in [0.5, 0.6) is 23.0 Å². The van der Waals surface area contributed by atoms with Crippen LogP contribution in [-0.4, -0.2) is 42.4 Å². The lowest BCUT2D eigenvalue weighted by molar-refractivity contribution is -0.176. The third kappa shape index (κ3) is 2.91. The Hall–Kier alpha value is -3.42. The fraction of sp³-hybridized carbons (Fsp3) is 0.364. The number of carbonyl (C=O) groups excluding carboxylic acids is 2. The van der Waals surface area contributed by atoms with Gasteiger partial charge in [-0.05, 0) is 30.7 Å². The van der Waals surface area contributed by atoms with Gasteiger partial charge in [0, 0.05) is 18.4 Å². The van der Waals surface area contributed by atoms with Gasteiger partial charge in [0.2, 0.25) is 18.6 Å². The summed E-state index contributed by atoms with van der Waals surface area (Å²) in [7, 11) is 0. The Morgan fingerprint density at radius 2 is 2.00 bits per heavy atom. The lowest BCUT2D eigenvalue weighted by atomic mass is 9.73. The van der Waals surface area contributed by atoms with Crippen LogP contribution >= 0.6 is 0 Å². The quantitative estimate of drug-likeness (QED) is 0.757. The number of likely N-dealkylation sites (tertiary alicyclic amines) is 1. The van der Waals surface area contributed by atoms with E-state index in [1.165, 1.54) is 0 Å². The SMILES string of the molecule is CC12CC(c3ccccc3O1)C(C(N)=O)C(=O)N2CCOc1ccc2c(c1)OCO2. The van der Waals surface area contributed by atoms with Crippen LogP contribution < -0.4 is 24.7 Å². The van der Waals surface area contributed by atoms with Gasteiger partial charge in [0.15, 0.2) is 17.2 Å². The number of hydrogen-bond acceptors (Lipinski definition) is 6. The minimum absolute atomic E-state index is 0.188. The number of benzene rings is 2. The number of carbonyl (C=O) groups is 2. The Morgan fingerprint density at radius 3 is 2.83 bits per heavy atom. The molecule has 5 rings (SSSR count). The van der Waals surface area contributed by atoms with Gasteiger partial charge in [0.1, 0.15) is 24.0 Å². The standard InChI is InChI=1S/C22H22N2O6/c1-22-11-15(14-4-2-3-5-16(14)30-22)19(20(23)25)21(26)24(22)8-9-27-13-6-7-17-18(10-13)29-12-28-17/h2-7,10,15,19H,8-9,11-12H2,1H3,(H2,23,25). The number of piperidine rings is 1. The van der Waals surface area contributed by atoms with E-state index in [-0.39, 0.29) is 31.8 Å². The minimum atomic E-state index is -0.923. The maximum atomic E-state index is 13.2. The van der Waals surface area contributed by atoms with Crippen molar-refractivity contribution in [2.24, 2.45) is 11.7 Å². The van der Waals surface area contributed by atoms with Crippen molar-refractivity contribution in [2.75, 3.05) is 19.9 Å². The number of nitrogens with two attached hydrogens (primary N) is 1. The third-order valence-corrected chi connectivity index (χ3v) is 5.99. The molecular weight excluding hydrogens is 388 g/mol. The smallest absolute Gasteiger partial charge is 0.238 e. The van der Waals surface area contributed by atoms with E-state index in [4.69, 9.17) is 24.7 Å². The molecule has 3 heterocycles. The summed E-state index contributed by atoms with van der Waals surface area (Å²) < 4.78 is 22.7. The molecule has 2 amide bonds. The summed E-state index contributed by atoms with van der Waals surface area (Å²) in [5.74, 6) is 0.410. The van der Waals surface area contributed by atoms with Crippen LogP contribution in [0.1, 0.15) is 24.8 Å². The summed E-state index contributed by atoms with van der Waals surface area (Å²) in [5.41, 5.74) is 5.62. The maximum absolute atomic E-state index is 13.2. The Kier molecular flexibility index (Phi) is 4.23. The summed E-state index contributed by atoms with van der Waals surface area (Å²) >= 11 is 0. The van der Waals surface area contributed by atoms with Gasteiger partial charge in [-0.15, -0.1) is 0 Å². The third-order valence-electron chi connectivity index (χ3n) is 5.99. The largest absolute Gasteiger partial charge is 0.492 e. The van der Waals surface area contributed by atoms with Crippen molar-refractivity contribution in [2.45, 2.75) is 25.0 Å². The summed E-state index contributed by atoms with van der Waals surface area (Å²) in [6.07, 6.45) is 0.493. The molecule has 1 fully saturated rings. The van der Waals surface area contributed by atoms with Gasteiger partial charge >= 0.3 is 0 Å². The highest BCUT2D eigenvalue weighted by Gasteiger charge is 2.55. The van der Waals surface area contributed by atoms with E-state index >= 15 is 0 Å². The summed E-state index contributed by atoms with van der Waals surface area (Å²) in [6.45, 7) is 2.53. The predicted molar refractivity (Wildman–Crippen MR) is 105 cm³/mol. The van der Waals surface area contributed by atoms with Crippen molar-refractivity contribution < 1.29 is 28.5 Å². The molecule has 156 valence electrons. The Labute approximate surface area is 173 Å². The average Bonchev–Trinajstić information content (AvgIpc) is 3.18. The predicted octanol–water partition coefficient (Wildman–Crippen LogP) is 2.02. The molecule has 8 nitrogen and oxygen atoms in total. The van der Waals surface area contributed by atoms with Crippen LogP contribution in [0.2, 0.25) is 0 Å². The molecule has 8 heteroatoms. The van der Waals surface area contributed by atoms with Crippen LogP contribution in [0, 0.1) is 5.92 Å². The highest BCUT2D eigenvalue weighted by molar-refractivity contribution is 6.01. The summed E-state index contributed by atoms with van der Waals surface area (Å²) in [6, 6.07) is 12.8. The molecule has 0 radical (unpaired) electrons. The molecule has 0 aliphatic carbocycles. The van der Waals surface area contributed by atoms with Gasteiger partial charge < -0.3 is 29.6 Å². The molecule has 0 aromatic heterocycles. The lowest BCUT2D eigenvalue weighted by Gasteiger charge is -2.52. The van der Waals surface area contributed by atoms with Crippen molar-refractivity contribution in [1.82, 2.24) is 4.90 Å². The maximum Gasteiger partial charge on any atom is 0.238 e. The van der Waals surface area contributed by atoms with Gasteiger partial charge in [-0.2, -0.15) is 0 Å². The zero-order valence-corrected chi connectivity index (χ0v) is 16.5. The van der Waals surface area contributed by atoms with Gasteiger partial charge in [0.05, 0.1) is 6.54 Å². The van der Waals surface area contributed by atoms with Gasteiger partial charge in [-0.1, -0.05) is 18.2 Å².